The van der Waals surface area contributed by atoms with Crippen molar-refractivity contribution in [2.75, 3.05) is 39.5 Å². The average molecular weight is 414 g/mol. The molecule has 0 fully saturated rings. The molecule has 0 aliphatic rings. The van der Waals surface area contributed by atoms with Crippen molar-refractivity contribution in [1.82, 2.24) is 10.6 Å². The molecular weight excluding hydrogens is 378 g/mol. The summed E-state index contributed by atoms with van der Waals surface area (Å²) in [6.45, 7) is 8.55. The van der Waals surface area contributed by atoms with E-state index in [9.17, 15) is 5.11 Å². The number of benzene rings is 2. The number of nitrogens with one attached hydrogen (secondary N) is 2. The molecule has 0 aromatic heterocycles. The Morgan fingerprint density at radius 1 is 0.967 bits per heavy atom. The van der Waals surface area contributed by atoms with E-state index >= 15 is 0 Å². The first kappa shape index (κ1) is 23.9. The van der Waals surface area contributed by atoms with Crippen LogP contribution in [0, 0.1) is 0 Å². The third-order valence-electron chi connectivity index (χ3n) is 4.61. The fourth-order valence-corrected chi connectivity index (χ4v) is 3.01. The highest BCUT2D eigenvalue weighted by molar-refractivity contribution is 5.79. The van der Waals surface area contributed by atoms with E-state index < -0.39 is 0 Å². The van der Waals surface area contributed by atoms with Gasteiger partial charge in [0.05, 0.1) is 33.0 Å². The highest BCUT2D eigenvalue weighted by Gasteiger charge is 2.10. The van der Waals surface area contributed by atoms with E-state index in [2.05, 4.69) is 28.8 Å². The summed E-state index contributed by atoms with van der Waals surface area (Å²) in [4.78, 5) is 4.70. The molecule has 0 saturated heterocycles. The van der Waals surface area contributed by atoms with E-state index in [1.54, 1.807) is 0 Å². The molecule has 6 heteroatoms. The lowest BCUT2D eigenvalue weighted by Crippen LogP contribution is -2.39. The third-order valence-corrected chi connectivity index (χ3v) is 4.61. The molecule has 0 radical (unpaired) electrons. The van der Waals surface area contributed by atoms with Gasteiger partial charge in [-0.3, -0.25) is 0 Å². The minimum Gasteiger partial charge on any atom is -0.396 e. The van der Waals surface area contributed by atoms with Crippen molar-refractivity contribution in [3.05, 3.63) is 71.3 Å². The molecule has 0 heterocycles. The zero-order valence-corrected chi connectivity index (χ0v) is 18.1. The van der Waals surface area contributed by atoms with Gasteiger partial charge in [0.25, 0.3) is 0 Å². The van der Waals surface area contributed by atoms with E-state index in [0.29, 0.717) is 39.5 Å². The van der Waals surface area contributed by atoms with Crippen LogP contribution in [0.25, 0.3) is 0 Å². The van der Waals surface area contributed by atoms with Crippen LogP contribution < -0.4 is 10.6 Å². The lowest BCUT2D eigenvalue weighted by atomic mass is 10.0. The summed E-state index contributed by atoms with van der Waals surface area (Å²) >= 11 is 0. The molecule has 0 aliphatic heterocycles. The van der Waals surface area contributed by atoms with Crippen LogP contribution in [-0.4, -0.2) is 50.6 Å². The minimum absolute atomic E-state index is 0.0206. The van der Waals surface area contributed by atoms with Gasteiger partial charge in [-0.2, -0.15) is 0 Å². The third kappa shape index (κ3) is 8.95. The van der Waals surface area contributed by atoms with Gasteiger partial charge < -0.3 is 25.2 Å². The molecular formula is C24H35N3O3. The summed E-state index contributed by atoms with van der Waals surface area (Å²) in [5.41, 5.74) is 3.36. The molecule has 6 nitrogen and oxygen atoms in total. The van der Waals surface area contributed by atoms with Crippen LogP contribution in [0.2, 0.25) is 0 Å². The Morgan fingerprint density at radius 2 is 1.73 bits per heavy atom. The quantitative estimate of drug-likeness (QED) is 0.267. The lowest BCUT2D eigenvalue weighted by Gasteiger charge is -2.18. The summed E-state index contributed by atoms with van der Waals surface area (Å²) in [6, 6.07) is 18.3. The van der Waals surface area contributed by atoms with E-state index in [1.165, 1.54) is 0 Å². The van der Waals surface area contributed by atoms with Crippen molar-refractivity contribution >= 4 is 5.96 Å². The van der Waals surface area contributed by atoms with Crippen molar-refractivity contribution < 1.29 is 14.6 Å². The van der Waals surface area contributed by atoms with Gasteiger partial charge in [-0.05, 0) is 30.5 Å². The molecule has 2 aromatic carbocycles. The number of hydrogen-bond donors (Lipinski definition) is 3. The van der Waals surface area contributed by atoms with Crippen LogP contribution in [0.15, 0.2) is 59.6 Å². The van der Waals surface area contributed by atoms with Crippen LogP contribution in [-0.2, 0) is 22.6 Å². The van der Waals surface area contributed by atoms with E-state index in [4.69, 9.17) is 14.5 Å². The molecule has 164 valence electrons. The molecule has 30 heavy (non-hydrogen) atoms. The van der Waals surface area contributed by atoms with Gasteiger partial charge in [-0.25, -0.2) is 4.99 Å². The number of rotatable bonds is 13. The molecule has 0 saturated carbocycles. The zero-order valence-electron chi connectivity index (χ0n) is 18.1. The molecule has 1 atom stereocenters. The number of aliphatic hydroxyl groups excluding tert-OH is 1. The topological polar surface area (TPSA) is 75.1 Å². The second kappa shape index (κ2) is 14.6. The molecule has 0 spiro atoms. The highest BCUT2D eigenvalue weighted by Crippen LogP contribution is 2.13. The van der Waals surface area contributed by atoms with Crippen LogP contribution in [0.3, 0.4) is 0 Å². The van der Waals surface area contributed by atoms with Crippen LogP contribution in [0.4, 0.5) is 0 Å². The predicted molar refractivity (Wildman–Crippen MR) is 122 cm³/mol. The van der Waals surface area contributed by atoms with Crippen molar-refractivity contribution in [3.63, 3.8) is 0 Å². The van der Waals surface area contributed by atoms with Crippen molar-refractivity contribution in [1.29, 1.82) is 0 Å². The maximum atomic E-state index is 9.76. The first-order valence-electron chi connectivity index (χ1n) is 10.7. The number of aliphatic imine (C=N–C) groups is 1. The van der Waals surface area contributed by atoms with Gasteiger partial charge in [-0.1, -0.05) is 54.6 Å². The maximum absolute atomic E-state index is 9.76. The Kier molecular flexibility index (Phi) is 11.6. The highest BCUT2D eigenvalue weighted by atomic mass is 16.5. The van der Waals surface area contributed by atoms with Crippen LogP contribution in [0.5, 0.6) is 0 Å². The monoisotopic (exact) mass is 413 g/mol. The largest absolute Gasteiger partial charge is 0.396 e. The number of guanidine groups is 1. The van der Waals surface area contributed by atoms with Gasteiger partial charge in [0.1, 0.15) is 0 Å². The Labute approximate surface area is 180 Å². The summed E-state index contributed by atoms with van der Waals surface area (Å²) in [6.07, 6.45) is 0. The smallest absolute Gasteiger partial charge is 0.191 e. The number of aliphatic hydroxyl groups is 1. The van der Waals surface area contributed by atoms with Gasteiger partial charge in [0.15, 0.2) is 5.96 Å². The van der Waals surface area contributed by atoms with Crippen LogP contribution >= 0.6 is 0 Å². The van der Waals surface area contributed by atoms with Gasteiger partial charge >= 0.3 is 0 Å². The predicted octanol–water partition coefficient (Wildman–Crippen LogP) is 3.07. The fourth-order valence-electron chi connectivity index (χ4n) is 3.01. The summed E-state index contributed by atoms with van der Waals surface area (Å²) in [5, 5.41) is 16.4. The minimum atomic E-state index is 0.0206. The zero-order chi connectivity index (χ0) is 21.4. The fraction of sp³-hybridized carbons (Fsp3) is 0.458. The van der Waals surface area contributed by atoms with Gasteiger partial charge in [0.2, 0.25) is 0 Å². The van der Waals surface area contributed by atoms with Crippen molar-refractivity contribution in [2.45, 2.75) is 32.9 Å². The summed E-state index contributed by atoms with van der Waals surface area (Å²) in [7, 11) is 0. The second-order valence-electron chi connectivity index (χ2n) is 6.94. The van der Waals surface area contributed by atoms with Crippen molar-refractivity contribution in [2.24, 2.45) is 4.99 Å². The van der Waals surface area contributed by atoms with E-state index in [1.807, 2.05) is 50.2 Å². The molecule has 0 amide bonds. The molecule has 2 aromatic rings. The molecule has 3 N–H and O–H groups in total. The SMILES string of the molecule is CCNC(=NCc1cccc(COCCOCC)c1)NCC(CO)c1ccccc1. The maximum Gasteiger partial charge on any atom is 0.191 e. The average Bonchev–Trinajstić information content (AvgIpc) is 2.78. The molecule has 0 bridgehead atoms. The molecule has 1 unspecified atom stereocenters. The van der Waals surface area contributed by atoms with E-state index in [-0.39, 0.29) is 12.5 Å². The second-order valence-corrected chi connectivity index (χ2v) is 6.94. The van der Waals surface area contributed by atoms with Crippen LogP contribution in [0.1, 0.15) is 36.5 Å². The normalized spacial score (nSPS) is 12.6. The van der Waals surface area contributed by atoms with Gasteiger partial charge in [0, 0.05) is 25.6 Å². The molecule has 2 rings (SSSR count). The molecule has 0 aliphatic carbocycles. The Bertz CT molecular complexity index is 737. The number of hydrogen-bond acceptors (Lipinski definition) is 4. The first-order chi connectivity index (χ1) is 14.8. The van der Waals surface area contributed by atoms with Crippen molar-refractivity contribution in [3.8, 4) is 0 Å². The first-order valence-corrected chi connectivity index (χ1v) is 10.7. The lowest BCUT2D eigenvalue weighted by molar-refractivity contribution is 0.0453. The Hall–Kier alpha value is -2.41. The Balaban J connectivity index is 1.89. The Morgan fingerprint density at radius 3 is 2.47 bits per heavy atom. The van der Waals surface area contributed by atoms with E-state index in [0.717, 1.165) is 29.2 Å². The standard InChI is InChI=1S/C24H35N3O3/c1-3-25-24(27-17-23(18-28)22-11-6-5-7-12-22)26-16-20-9-8-10-21(15-20)19-30-14-13-29-4-2/h5-12,15,23,28H,3-4,13-14,16-19H2,1-2H3,(H2,25,26,27). The number of ether oxygens (including phenoxy) is 2. The van der Waals surface area contributed by atoms with Gasteiger partial charge in [-0.15, -0.1) is 0 Å². The number of nitrogens with zero attached hydrogens (tertiary/aromatic N) is 1. The summed E-state index contributed by atoms with van der Waals surface area (Å²) < 4.78 is 10.9. The summed E-state index contributed by atoms with van der Waals surface area (Å²) in [5.74, 6) is 0.762.